The van der Waals surface area contributed by atoms with Crippen molar-refractivity contribution in [3.05, 3.63) is 41.7 Å². The molecule has 2 fully saturated rings. The van der Waals surface area contributed by atoms with Crippen LogP contribution in [0, 0.1) is 17.2 Å². The van der Waals surface area contributed by atoms with Crippen molar-refractivity contribution in [2.24, 2.45) is 5.92 Å². The number of nitrogens with zero attached hydrogens (tertiary/aromatic N) is 4. The van der Waals surface area contributed by atoms with Gasteiger partial charge in [-0.05, 0) is 25.0 Å². The maximum Gasteiger partial charge on any atom is 0.225 e. The Morgan fingerprint density at radius 1 is 1.22 bits per heavy atom. The zero-order chi connectivity index (χ0) is 15.8. The first-order valence-corrected chi connectivity index (χ1v) is 8.26. The number of hydrogen-bond acceptors (Lipinski definition) is 3. The Balaban J connectivity index is 1.45. The van der Waals surface area contributed by atoms with Crippen molar-refractivity contribution in [2.75, 3.05) is 26.2 Å². The summed E-state index contributed by atoms with van der Waals surface area (Å²) >= 11 is 0. The van der Waals surface area contributed by atoms with Gasteiger partial charge in [-0.3, -0.25) is 9.69 Å². The number of rotatable bonds is 3. The van der Waals surface area contributed by atoms with Crippen molar-refractivity contribution in [3.8, 4) is 6.07 Å². The first kappa shape index (κ1) is 14.3. The van der Waals surface area contributed by atoms with Gasteiger partial charge in [-0.15, -0.1) is 0 Å². The summed E-state index contributed by atoms with van der Waals surface area (Å²) in [5, 5.41) is 9.48. The third kappa shape index (κ3) is 2.71. The number of fused-ring (bicyclic) bond motifs is 1. The van der Waals surface area contributed by atoms with Crippen molar-refractivity contribution < 1.29 is 4.79 Å². The van der Waals surface area contributed by atoms with Crippen LogP contribution in [0.4, 0.5) is 0 Å². The van der Waals surface area contributed by atoms with Crippen LogP contribution in [0.3, 0.4) is 0 Å². The summed E-state index contributed by atoms with van der Waals surface area (Å²) in [6.07, 6.45) is 6.17. The van der Waals surface area contributed by atoms with Gasteiger partial charge >= 0.3 is 0 Å². The van der Waals surface area contributed by atoms with E-state index >= 15 is 0 Å². The van der Waals surface area contributed by atoms with Crippen LogP contribution in [0.25, 0.3) is 5.52 Å². The molecule has 1 saturated heterocycles. The third-order valence-corrected chi connectivity index (χ3v) is 4.88. The second kappa shape index (κ2) is 5.71. The van der Waals surface area contributed by atoms with E-state index in [0.29, 0.717) is 11.8 Å². The second-order valence-electron chi connectivity index (χ2n) is 6.51. The van der Waals surface area contributed by atoms with Gasteiger partial charge in [0.15, 0.2) is 0 Å². The molecule has 0 atom stereocenters. The van der Waals surface area contributed by atoms with Crippen LogP contribution in [0.5, 0.6) is 0 Å². The van der Waals surface area contributed by atoms with Crippen LogP contribution < -0.4 is 0 Å². The molecule has 1 amide bonds. The summed E-state index contributed by atoms with van der Waals surface area (Å²) in [5.41, 5.74) is 2.80. The summed E-state index contributed by atoms with van der Waals surface area (Å²) in [6, 6.07) is 8.26. The molecule has 4 rings (SSSR count). The summed E-state index contributed by atoms with van der Waals surface area (Å²) < 4.78 is 2.01. The zero-order valence-electron chi connectivity index (χ0n) is 13.1. The Morgan fingerprint density at radius 2 is 2.00 bits per heavy atom. The predicted molar refractivity (Wildman–Crippen MR) is 86.7 cm³/mol. The van der Waals surface area contributed by atoms with Gasteiger partial charge in [-0.2, -0.15) is 5.26 Å². The molecule has 0 unspecified atom stereocenters. The molecule has 5 heteroatoms. The predicted octanol–water partition coefficient (Wildman–Crippen LogP) is 1.87. The van der Waals surface area contributed by atoms with E-state index in [1.807, 2.05) is 33.7 Å². The Kier molecular flexibility index (Phi) is 3.55. The van der Waals surface area contributed by atoms with Gasteiger partial charge in [-0.1, -0.05) is 6.07 Å². The molecule has 0 N–H and O–H groups in total. The lowest BCUT2D eigenvalue weighted by Gasteiger charge is -2.34. The fraction of sp³-hybridized carbons (Fsp3) is 0.444. The number of hydrogen-bond donors (Lipinski definition) is 0. The number of pyridine rings is 1. The van der Waals surface area contributed by atoms with E-state index in [0.717, 1.165) is 62.2 Å². The fourth-order valence-corrected chi connectivity index (χ4v) is 3.38. The quantitative estimate of drug-likeness (QED) is 0.870. The molecule has 2 aromatic heterocycles. The van der Waals surface area contributed by atoms with E-state index in [-0.39, 0.29) is 0 Å². The number of amides is 1. The van der Waals surface area contributed by atoms with Gasteiger partial charge in [-0.25, -0.2) is 0 Å². The monoisotopic (exact) mass is 308 g/mol. The van der Waals surface area contributed by atoms with Crippen molar-refractivity contribution in [3.63, 3.8) is 0 Å². The molecular weight excluding hydrogens is 288 g/mol. The van der Waals surface area contributed by atoms with E-state index < -0.39 is 0 Å². The molecule has 118 valence electrons. The molecule has 0 bridgehead atoms. The number of carbonyl (C=O) groups excluding carboxylic acids is 1. The molecule has 1 saturated carbocycles. The van der Waals surface area contributed by atoms with E-state index in [9.17, 15) is 10.1 Å². The van der Waals surface area contributed by atoms with Crippen LogP contribution in [0.15, 0.2) is 30.6 Å². The van der Waals surface area contributed by atoms with Gasteiger partial charge in [0.1, 0.15) is 6.07 Å². The van der Waals surface area contributed by atoms with E-state index in [1.165, 1.54) is 0 Å². The Morgan fingerprint density at radius 3 is 2.70 bits per heavy atom. The number of aromatic nitrogens is 1. The summed E-state index contributed by atoms with van der Waals surface area (Å²) in [6.45, 7) is 4.16. The van der Waals surface area contributed by atoms with Crippen molar-refractivity contribution in [2.45, 2.75) is 19.4 Å². The van der Waals surface area contributed by atoms with Crippen LogP contribution in [-0.4, -0.2) is 46.3 Å². The van der Waals surface area contributed by atoms with Crippen LogP contribution in [0.2, 0.25) is 0 Å². The molecule has 2 aliphatic rings. The molecule has 1 aliphatic heterocycles. The number of piperazine rings is 1. The minimum absolute atomic E-state index is 0.309. The molecule has 0 spiro atoms. The lowest BCUT2D eigenvalue weighted by molar-refractivity contribution is -0.134. The normalized spacial score (nSPS) is 19.0. The standard InChI is InChI=1S/C18H20N4O/c19-11-16-15(13-22-6-2-1-3-17(16)22)12-20-7-9-21(10-8-20)18(23)14-4-5-14/h1-3,6,13-14H,4-5,7-10,12H2. The summed E-state index contributed by atoms with van der Waals surface area (Å²) in [4.78, 5) is 16.5. The lowest BCUT2D eigenvalue weighted by atomic mass is 10.1. The molecule has 23 heavy (non-hydrogen) atoms. The average molecular weight is 308 g/mol. The minimum atomic E-state index is 0.309. The highest BCUT2D eigenvalue weighted by Crippen LogP contribution is 2.31. The maximum atomic E-state index is 12.1. The smallest absolute Gasteiger partial charge is 0.225 e. The minimum Gasteiger partial charge on any atom is -0.340 e. The van der Waals surface area contributed by atoms with E-state index in [4.69, 9.17) is 0 Å². The fourth-order valence-electron chi connectivity index (χ4n) is 3.38. The van der Waals surface area contributed by atoms with Crippen LogP contribution in [0.1, 0.15) is 24.0 Å². The van der Waals surface area contributed by atoms with Crippen molar-refractivity contribution in [1.82, 2.24) is 14.2 Å². The van der Waals surface area contributed by atoms with E-state index in [2.05, 4.69) is 17.2 Å². The van der Waals surface area contributed by atoms with E-state index in [1.54, 1.807) is 0 Å². The number of carbonyl (C=O) groups is 1. The highest BCUT2D eigenvalue weighted by Gasteiger charge is 2.34. The van der Waals surface area contributed by atoms with Gasteiger partial charge in [0, 0.05) is 56.6 Å². The summed E-state index contributed by atoms with van der Waals surface area (Å²) in [7, 11) is 0. The SMILES string of the molecule is N#Cc1c(CN2CCN(C(=O)C3CC3)CC2)cn2ccccc12. The van der Waals surface area contributed by atoms with Gasteiger partial charge in [0.25, 0.3) is 0 Å². The number of nitriles is 1. The molecule has 0 aromatic carbocycles. The average Bonchev–Trinajstić information content (AvgIpc) is 3.37. The van der Waals surface area contributed by atoms with Crippen molar-refractivity contribution >= 4 is 11.4 Å². The Hall–Kier alpha value is -2.32. The Bertz CT molecular complexity index is 776. The molecule has 1 aliphatic carbocycles. The summed E-state index contributed by atoms with van der Waals surface area (Å²) in [5.74, 6) is 0.653. The van der Waals surface area contributed by atoms with Crippen molar-refractivity contribution in [1.29, 1.82) is 5.26 Å². The Labute approximate surface area is 135 Å². The maximum absolute atomic E-state index is 12.1. The zero-order valence-corrected chi connectivity index (χ0v) is 13.1. The lowest BCUT2D eigenvalue weighted by Crippen LogP contribution is -2.48. The van der Waals surface area contributed by atoms with Gasteiger partial charge in [0.05, 0.1) is 11.1 Å². The van der Waals surface area contributed by atoms with Crippen LogP contribution in [-0.2, 0) is 11.3 Å². The molecule has 2 aromatic rings. The first-order chi connectivity index (χ1) is 11.3. The highest BCUT2D eigenvalue weighted by molar-refractivity contribution is 5.81. The van der Waals surface area contributed by atoms with Gasteiger partial charge in [0.2, 0.25) is 5.91 Å². The topological polar surface area (TPSA) is 51.8 Å². The molecule has 3 heterocycles. The van der Waals surface area contributed by atoms with Gasteiger partial charge < -0.3 is 9.30 Å². The molecule has 0 radical (unpaired) electrons. The second-order valence-corrected chi connectivity index (χ2v) is 6.51. The molecular formula is C18H20N4O. The first-order valence-electron chi connectivity index (χ1n) is 8.26. The van der Waals surface area contributed by atoms with Crippen LogP contribution >= 0.6 is 0 Å². The largest absolute Gasteiger partial charge is 0.340 e. The molecule has 5 nitrogen and oxygen atoms in total. The highest BCUT2D eigenvalue weighted by atomic mass is 16.2. The third-order valence-electron chi connectivity index (χ3n) is 4.88.